The lowest BCUT2D eigenvalue weighted by molar-refractivity contribution is -0.0123. The van der Waals surface area contributed by atoms with Crippen LogP contribution >= 0.6 is 0 Å². The fourth-order valence-electron chi connectivity index (χ4n) is 1.50. The van der Waals surface area contributed by atoms with Gasteiger partial charge in [0.2, 0.25) is 0 Å². The van der Waals surface area contributed by atoms with Crippen LogP contribution in [0.2, 0.25) is 0 Å². The summed E-state index contributed by atoms with van der Waals surface area (Å²) in [5.41, 5.74) is 1.53. The predicted molar refractivity (Wildman–Crippen MR) is 60.5 cm³/mol. The highest BCUT2D eigenvalue weighted by atomic mass is 16.5. The molecule has 0 radical (unpaired) electrons. The zero-order valence-electron chi connectivity index (χ0n) is 9.97. The van der Waals surface area contributed by atoms with Crippen LogP contribution in [-0.4, -0.2) is 36.7 Å². The highest BCUT2D eigenvalue weighted by molar-refractivity contribution is 5.03. The molecule has 2 heteroatoms. The molecule has 0 aromatic heterocycles. The lowest BCUT2D eigenvalue weighted by atomic mass is 10.1. The van der Waals surface area contributed by atoms with Gasteiger partial charge in [-0.1, -0.05) is 11.6 Å². The molecule has 0 aromatic carbocycles. The molecule has 0 saturated carbocycles. The van der Waals surface area contributed by atoms with Crippen LogP contribution in [0.15, 0.2) is 11.6 Å². The first-order valence-electron chi connectivity index (χ1n) is 5.49. The van der Waals surface area contributed by atoms with Gasteiger partial charge in [0.15, 0.2) is 0 Å². The fraction of sp³-hybridized carbons (Fsp3) is 0.833. The van der Waals surface area contributed by atoms with E-state index in [1.54, 1.807) is 0 Å². The number of rotatable bonds is 3. The fourth-order valence-corrected chi connectivity index (χ4v) is 1.50. The van der Waals surface area contributed by atoms with Crippen molar-refractivity contribution in [2.75, 3.05) is 26.2 Å². The Morgan fingerprint density at radius 3 is 2.64 bits per heavy atom. The van der Waals surface area contributed by atoms with Crippen LogP contribution in [0.4, 0.5) is 0 Å². The van der Waals surface area contributed by atoms with Gasteiger partial charge >= 0.3 is 0 Å². The molecule has 2 nitrogen and oxygen atoms in total. The maximum atomic E-state index is 5.70. The highest BCUT2D eigenvalue weighted by Gasteiger charge is 2.12. The minimum atomic E-state index is 0.00153. The van der Waals surface area contributed by atoms with Crippen molar-refractivity contribution < 1.29 is 4.74 Å². The molecule has 14 heavy (non-hydrogen) atoms. The Kier molecular flexibility index (Phi) is 4.14. The van der Waals surface area contributed by atoms with Crippen molar-refractivity contribution in [3.8, 4) is 0 Å². The average molecular weight is 197 g/mol. The Morgan fingerprint density at radius 1 is 1.43 bits per heavy atom. The Bertz CT molecular complexity index is 203. The van der Waals surface area contributed by atoms with E-state index in [1.165, 1.54) is 18.5 Å². The minimum absolute atomic E-state index is 0.00153. The van der Waals surface area contributed by atoms with Crippen molar-refractivity contribution in [2.24, 2.45) is 0 Å². The molecule has 0 N–H and O–H groups in total. The molecule has 1 aliphatic rings. The van der Waals surface area contributed by atoms with Crippen LogP contribution in [0, 0.1) is 0 Å². The summed E-state index contributed by atoms with van der Waals surface area (Å²) in [4.78, 5) is 2.44. The Labute approximate surface area is 87.9 Å². The van der Waals surface area contributed by atoms with Crippen LogP contribution in [0.3, 0.4) is 0 Å². The Morgan fingerprint density at radius 2 is 2.14 bits per heavy atom. The van der Waals surface area contributed by atoms with Gasteiger partial charge in [-0.05, 0) is 34.1 Å². The van der Waals surface area contributed by atoms with E-state index in [0.29, 0.717) is 0 Å². The van der Waals surface area contributed by atoms with Crippen molar-refractivity contribution in [1.82, 2.24) is 4.90 Å². The SMILES string of the molecule is CC1=CCN(CCOC(C)(C)C)CC1. The van der Waals surface area contributed by atoms with E-state index in [4.69, 9.17) is 4.74 Å². The van der Waals surface area contributed by atoms with E-state index in [1.807, 2.05) is 0 Å². The summed E-state index contributed by atoms with van der Waals surface area (Å²) in [5, 5.41) is 0. The number of hydrogen-bond donors (Lipinski definition) is 0. The van der Waals surface area contributed by atoms with Crippen molar-refractivity contribution in [1.29, 1.82) is 0 Å². The first-order valence-corrected chi connectivity index (χ1v) is 5.49. The van der Waals surface area contributed by atoms with Crippen LogP contribution in [-0.2, 0) is 4.74 Å². The van der Waals surface area contributed by atoms with Gasteiger partial charge in [-0.25, -0.2) is 0 Å². The van der Waals surface area contributed by atoms with Crippen LogP contribution in [0.25, 0.3) is 0 Å². The maximum absolute atomic E-state index is 5.70. The number of nitrogens with zero attached hydrogens (tertiary/aromatic N) is 1. The number of hydrogen-bond acceptors (Lipinski definition) is 2. The third-order valence-electron chi connectivity index (χ3n) is 2.46. The van der Waals surface area contributed by atoms with Gasteiger partial charge in [-0.15, -0.1) is 0 Å². The van der Waals surface area contributed by atoms with E-state index in [0.717, 1.165) is 19.7 Å². The molecule has 0 atom stereocenters. The first kappa shape index (κ1) is 11.7. The monoisotopic (exact) mass is 197 g/mol. The van der Waals surface area contributed by atoms with Crippen LogP contribution in [0.5, 0.6) is 0 Å². The zero-order chi connectivity index (χ0) is 10.6. The molecule has 0 saturated heterocycles. The van der Waals surface area contributed by atoms with E-state index in [9.17, 15) is 0 Å². The summed E-state index contributed by atoms with van der Waals surface area (Å²) >= 11 is 0. The van der Waals surface area contributed by atoms with Gasteiger partial charge in [0.25, 0.3) is 0 Å². The predicted octanol–water partition coefficient (Wildman–Crippen LogP) is 2.45. The van der Waals surface area contributed by atoms with Gasteiger partial charge in [0, 0.05) is 19.6 Å². The third-order valence-corrected chi connectivity index (χ3v) is 2.46. The zero-order valence-corrected chi connectivity index (χ0v) is 9.97. The molecular weight excluding hydrogens is 174 g/mol. The summed E-state index contributed by atoms with van der Waals surface area (Å²) in [5.74, 6) is 0. The second-order valence-corrected chi connectivity index (χ2v) is 5.06. The first-order chi connectivity index (χ1) is 6.47. The molecule has 0 aromatic rings. The topological polar surface area (TPSA) is 12.5 Å². The molecule has 1 heterocycles. The molecule has 0 unspecified atom stereocenters. The van der Waals surface area contributed by atoms with Crippen molar-refractivity contribution in [2.45, 2.75) is 39.7 Å². The Balaban J connectivity index is 2.14. The molecule has 0 aliphatic carbocycles. The van der Waals surface area contributed by atoms with Crippen LogP contribution in [0.1, 0.15) is 34.1 Å². The molecule has 82 valence electrons. The lowest BCUT2D eigenvalue weighted by Gasteiger charge is -2.27. The van der Waals surface area contributed by atoms with E-state index >= 15 is 0 Å². The van der Waals surface area contributed by atoms with Gasteiger partial charge in [-0.3, -0.25) is 4.90 Å². The summed E-state index contributed by atoms with van der Waals surface area (Å²) < 4.78 is 5.70. The molecular formula is C12H23NO. The largest absolute Gasteiger partial charge is 0.375 e. The summed E-state index contributed by atoms with van der Waals surface area (Å²) in [6.07, 6.45) is 3.54. The smallest absolute Gasteiger partial charge is 0.0600 e. The minimum Gasteiger partial charge on any atom is -0.375 e. The van der Waals surface area contributed by atoms with Gasteiger partial charge in [-0.2, -0.15) is 0 Å². The summed E-state index contributed by atoms with van der Waals surface area (Å²) in [6, 6.07) is 0. The summed E-state index contributed by atoms with van der Waals surface area (Å²) in [6.45, 7) is 12.7. The molecule has 1 rings (SSSR count). The molecule has 0 fully saturated rings. The normalized spacial score (nSPS) is 19.6. The third kappa shape index (κ3) is 4.77. The second kappa shape index (κ2) is 4.94. The highest BCUT2D eigenvalue weighted by Crippen LogP contribution is 2.10. The lowest BCUT2D eigenvalue weighted by Crippen LogP contribution is -2.33. The van der Waals surface area contributed by atoms with Crippen molar-refractivity contribution in [3.63, 3.8) is 0 Å². The van der Waals surface area contributed by atoms with Crippen LogP contribution < -0.4 is 0 Å². The molecule has 0 spiro atoms. The molecule has 0 amide bonds. The van der Waals surface area contributed by atoms with Gasteiger partial charge < -0.3 is 4.74 Å². The average Bonchev–Trinajstić information content (AvgIpc) is 2.06. The van der Waals surface area contributed by atoms with Gasteiger partial charge in [0.05, 0.1) is 12.2 Å². The second-order valence-electron chi connectivity index (χ2n) is 5.06. The quantitative estimate of drug-likeness (QED) is 0.644. The van der Waals surface area contributed by atoms with Crippen molar-refractivity contribution >= 4 is 0 Å². The van der Waals surface area contributed by atoms with E-state index < -0.39 is 0 Å². The molecule has 1 aliphatic heterocycles. The van der Waals surface area contributed by atoms with Gasteiger partial charge in [0.1, 0.15) is 0 Å². The molecule has 0 bridgehead atoms. The number of ether oxygens (including phenoxy) is 1. The summed E-state index contributed by atoms with van der Waals surface area (Å²) in [7, 11) is 0. The Hall–Kier alpha value is -0.340. The standard InChI is InChI=1S/C12H23NO/c1-11-5-7-13(8-6-11)9-10-14-12(2,3)4/h5H,6-10H2,1-4H3. The van der Waals surface area contributed by atoms with E-state index in [2.05, 4.69) is 38.7 Å². The maximum Gasteiger partial charge on any atom is 0.0600 e. The van der Waals surface area contributed by atoms with Crippen molar-refractivity contribution in [3.05, 3.63) is 11.6 Å². The van der Waals surface area contributed by atoms with E-state index in [-0.39, 0.29) is 5.60 Å².